The summed E-state index contributed by atoms with van der Waals surface area (Å²) in [4.78, 5) is 62.2. The quantitative estimate of drug-likeness (QED) is 0.0133. The predicted molar refractivity (Wildman–Crippen MR) is 320 cm³/mol. The van der Waals surface area contributed by atoms with Crippen molar-refractivity contribution in [2.24, 2.45) is 22.9 Å². The van der Waals surface area contributed by atoms with E-state index in [0.717, 1.165) is 37.3 Å². The molecule has 12 N–H and O–H groups in total. The van der Waals surface area contributed by atoms with E-state index in [0.29, 0.717) is 42.4 Å². The van der Waals surface area contributed by atoms with E-state index in [1.807, 2.05) is 48.5 Å². The Labute approximate surface area is 569 Å². The zero-order valence-electron chi connectivity index (χ0n) is 44.5. The first-order valence-electron chi connectivity index (χ1n) is 19.9. The number of carboxylic acids is 2. The molecule has 3 rings (SSSR count). The molecule has 0 spiro atoms. The first-order chi connectivity index (χ1) is 32.5. The Morgan fingerprint density at radius 3 is 1.20 bits per heavy atom. The minimum absolute atomic E-state index is 0. The molecule has 2 amide bonds. The van der Waals surface area contributed by atoms with Gasteiger partial charge in [-0.25, -0.2) is 9.59 Å². The van der Waals surface area contributed by atoms with Crippen molar-refractivity contribution in [2.75, 3.05) is 24.7 Å². The predicted octanol–water partition coefficient (Wildman–Crippen LogP) is 9.31. The molecule has 0 aromatic heterocycles. The van der Waals surface area contributed by atoms with Crippen LogP contribution in [0.15, 0.2) is 82.6 Å². The molecule has 0 aliphatic heterocycles. The zero-order valence-corrected chi connectivity index (χ0v) is 60.7. The van der Waals surface area contributed by atoms with Crippen LogP contribution in [-0.2, 0) is 156 Å². The van der Waals surface area contributed by atoms with Crippen LogP contribution in [-0.4, -0.2) is 109 Å². The molecule has 2 atom stereocenters. The van der Waals surface area contributed by atoms with Gasteiger partial charge in [0.2, 0.25) is 0 Å². The molecular formula is C46H77N4O14S9Y3-3. The van der Waals surface area contributed by atoms with Gasteiger partial charge in [-0.3, -0.25) is 19.2 Å². The summed E-state index contributed by atoms with van der Waals surface area (Å²) in [5, 5.41) is 34.6. The van der Waals surface area contributed by atoms with Crippen molar-refractivity contribution in [1.82, 2.24) is 0 Å². The normalized spacial score (nSPS) is 10.2. The number of hydrogen-bond donors (Lipinski definition) is 13. The van der Waals surface area contributed by atoms with Crippen molar-refractivity contribution in [1.29, 1.82) is 0 Å². The van der Waals surface area contributed by atoms with Gasteiger partial charge in [-0.05, 0) is 80.8 Å². The molecule has 0 saturated heterocycles. The van der Waals surface area contributed by atoms with E-state index >= 15 is 0 Å². The molecule has 3 radical (unpaired) electrons. The molecule has 2 unspecified atom stereocenters. The van der Waals surface area contributed by atoms with E-state index < -0.39 is 45.7 Å². The van der Waals surface area contributed by atoms with Crippen LogP contribution in [0.2, 0.25) is 0 Å². The Bertz CT molecular complexity index is 1830. The molecule has 3 aromatic carbocycles. The maximum atomic E-state index is 10.6. The van der Waals surface area contributed by atoms with Crippen molar-refractivity contribution in [3.63, 3.8) is 0 Å². The third-order valence-electron chi connectivity index (χ3n) is 7.15. The van der Waals surface area contributed by atoms with Crippen LogP contribution in [0.5, 0.6) is 5.75 Å². The number of amides is 2. The number of carbonyl (C=O) groups is 6. The number of hydrogen-bond acceptors (Lipinski definition) is 23. The van der Waals surface area contributed by atoms with Crippen LogP contribution < -0.4 is 22.9 Å². The monoisotopic (exact) mass is 1460 g/mol. The van der Waals surface area contributed by atoms with Crippen LogP contribution in [0.3, 0.4) is 0 Å². The van der Waals surface area contributed by atoms with Crippen LogP contribution in [0.25, 0.3) is 0 Å². The van der Waals surface area contributed by atoms with Crippen molar-refractivity contribution in [3.05, 3.63) is 112 Å². The second-order valence-corrected chi connectivity index (χ2v) is 23.4. The minimum atomic E-state index is -0.998. The van der Waals surface area contributed by atoms with E-state index in [9.17, 15) is 28.8 Å². The van der Waals surface area contributed by atoms with Gasteiger partial charge in [0.1, 0.15) is 44.3 Å². The summed E-state index contributed by atoms with van der Waals surface area (Å²) in [6, 6.07) is 19.5. The van der Waals surface area contributed by atoms with E-state index in [4.69, 9.17) is 37.6 Å². The first-order valence-corrected chi connectivity index (χ1v) is 27.5. The summed E-state index contributed by atoms with van der Waals surface area (Å²) < 4.78 is 17.2. The molecule has 30 heteroatoms. The largest absolute Gasteiger partial charge is 0.508 e. The number of phenols is 1. The number of aliphatic hydroxyl groups is 1. The fourth-order valence-electron chi connectivity index (χ4n) is 3.27. The third-order valence-corrected chi connectivity index (χ3v) is 15.5. The molecule has 0 aliphatic rings. The molecule has 0 aliphatic carbocycles. The number of thiol groups is 5. The average Bonchev–Trinajstić information content (AvgIpc) is 3.30. The van der Waals surface area contributed by atoms with E-state index in [1.165, 1.54) is 21.6 Å². The molecular weight excluding hydrogens is 1390 g/mol. The maximum Gasteiger partial charge on any atom is 0.404 e. The summed E-state index contributed by atoms with van der Waals surface area (Å²) in [5.41, 5.74) is 22.9. The number of carboxylic acid groups (broad SMARTS) is 2. The van der Waals surface area contributed by atoms with Crippen LogP contribution in [0, 0.1) is 22.3 Å². The Morgan fingerprint density at radius 2 is 0.947 bits per heavy atom. The molecule has 76 heavy (non-hydrogen) atoms. The van der Waals surface area contributed by atoms with E-state index in [-0.39, 0.29) is 146 Å². The molecule has 18 nitrogen and oxygen atoms in total. The Morgan fingerprint density at radius 1 is 0.618 bits per heavy atom. The standard InChI is InChI=1S/C8H9NO2S.C8H8O3.C8H8O2S.C7H15NO3S2.C5H11NO2S2.C4H10S2.C3H7NO2S.3CH3.3Y/c9-8(10)11-5-6-1-3-7(12)4-2-6;9-6-11-5-7-1-3-8(10)4-2-7;9-6-10-5-7-1-3-8(11)4-2-7;1-7(2,5(8)6(10)11)13-12-4-3-9;1-5(2,10-9)3(6)4(7)8;1-4(2,3)6-5;4-3(5)6-1-2-7;;;;;;/h1-4,12H,5H2,(H2,9,10);1-4,6,10H,5H2;1-4,6,11H,5H2;5,9H,3-4,8H2,1-2H3,(H,10,11);3,9H,6H2,1-2H3,(H,7,8);5H,1-3H3;7H,1-2H2,(H2,4,5);3*1H3;;;/q;;;;;;;3*-1;;;. The van der Waals surface area contributed by atoms with E-state index in [2.05, 4.69) is 107 Å². The van der Waals surface area contributed by atoms with Gasteiger partial charge in [-0.1, -0.05) is 100 Å². The molecule has 0 fully saturated rings. The topological polar surface area (TPSA) is 324 Å². The summed E-state index contributed by atoms with van der Waals surface area (Å²) in [6.45, 7) is 15.4. The van der Waals surface area contributed by atoms with Gasteiger partial charge in [0.15, 0.2) is 0 Å². The SMILES string of the molecule is CC(C)(C)SS.CC(C)(SS)C(N)C(=O)O.CC(C)(SSCCO)C(N)C(=O)O.NC(=O)OCCS.NC(=O)OCc1ccc(S)cc1.O=COCc1ccc(O)cc1.O=COCc1ccc(S)cc1.[CH3-].[CH3-].[CH3-].[Y].[Y].[Y]. The van der Waals surface area contributed by atoms with Gasteiger partial charge < -0.3 is 84.6 Å². The van der Waals surface area contributed by atoms with E-state index in [1.54, 1.807) is 62.8 Å². The molecule has 0 saturated carbocycles. The zero-order chi connectivity index (χ0) is 54.9. The van der Waals surface area contributed by atoms with Gasteiger partial charge in [0.05, 0.1) is 6.61 Å². The number of aromatic hydroxyl groups is 1. The van der Waals surface area contributed by atoms with Gasteiger partial charge in [0.25, 0.3) is 12.9 Å². The Hall–Kier alpha value is 0.222. The van der Waals surface area contributed by atoms with Gasteiger partial charge in [0, 0.05) is 134 Å². The molecule has 431 valence electrons. The minimum Gasteiger partial charge on any atom is -0.508 e. The average molecular weight is 1470 g/mol. The fraction of sp³-hybridized carbons (Fsp3) is 0.413. The number of primary amides is 2. The first kappa shape index (κ1) is 98.3. The number of rotatable bonds is 19. The van der Waals surface area contributed by atoms with Gasteiger partial charge in [-0.2, -0.15) is 12.6 Å². The number of nitrogens with two attached hydrogens (primary N) is 4. The van der Waals surface area contributed by atoms with Gasteiger partial charge in [-0.15, -0.1) is 48.6 Å². The summed E-state index contributed by atoms with van der Waals surface area (Å²) in [6.07, 6.45) is -1.50. The third kappa shape index (κ3) is 63.4. The Kier molecular flexibility index (Phi) is 77.4. The summed E-state index contributed by atoms with van der Waals surface area (Å²) in [5.74, 6) is -0.683. The number of ether oxygens (including phenoxy) is 4. The van der Waals surface area contributed by atoms with Crippen LogP contribution in [0.1, 0.15) is 65.2 Å². The number of benzene rings is 3. The number of phenolic OH excluding ortho intramolecular Hbond substituents is 1. The second kappa shape index (κ2) is 59.8. The fourth-order valence-corrected chi connectivity index (χ4v) is 6.58. The second-order valence-electron chi connectivity index (χ2n) is 15.1. The van der Waals surface area contributed by atoms with Crippen molar-refractivity contribution in [3.8, 4) is 5.75 Å². The summed E-state index contributed by atoms with van der Waals surface area (Å²) in [7, 11) is 5.55. The van der Waals surface area contributed by atoms with Crippen molar-refractivity contribution < 1.29 is 166 Å². The molecule has 0 heterocycles. The number of aliphatic carboxylic acids is 2. The van der Waals surface area contributed by atoms with Crippen LogP contribution >= 0.6 is 104 Å². The van der Waals surface area contributed by atoms with Crippen LogP contribution in [0.4, 0.5) is 9.59 Å². The van der Waals surface area contributed by atoms with Crippen molar-refractivity contribution in [2.45, 2.75) is 104 Å². The maximum absolute atomic E-state index is 10.6. The number of carbonyl (C=O) groups excluding carboxylic acids is 4. The summed E-state index contributed by atoms with van der Waals surface area (Å²) >= 11 is 19.9. The van der Waals surface area contributed by atoms with Gasteiger partial charge >= 0.3 is 24.1 Å². The molecule has 3 aromatic rings. The molecule has 0 bridgehead atoms. The van der Waals surface area contributed by atoms with Crippen molar-refractivity contribution >= 4 is 141 Å². The Balaban J connectivity index is -0.0000000834. The number of aliphatic hydroxyl groups excluding tert-OH is 1. The smallest absolute Gasteiger partial charge is 0.404 e.